The predicted octanol–water partition coefficient (Wildman–Crippen LogP) is 11.2. The van der Waals surface area contributed by atoms with Crippen molar-refractivity contribution < 1.29 is 18.3 Å². The number of hydrogen-bond donors (Lipinski definition) is 2. The van der Waals surface area contributed by atoms with Gasteiger partial charge in [-0.3, -0.25) is 4.79 Å². The van der Waals surface area contributed by atoms with Crippen LogP contribution >= 0.6 is 11.6 Å². The van der Waals surface area contributed by atoms with Gasteiger partial charge in [0, 0.05) is 28.1 Å². The highest BCUT2D eigenvalue weighted by Gasteiger charge is 2.25. The third-order valence-corrected chi connectivity index (χ3v) is 8.31. The maximum absolute atomic E-state index is 15.7. The fourth-order valence-corrected chi connectivity index (χ4v) is 5.64. The molecule has 0 unspecified atom stereocenters. The number of carbonyl (C=O) groups excluding carboxylic acids is 1. The molecule has 1 fully saturated rings. The molecule has 0 aliphatic heterocycles. The van der Waals surface area contributed by atoms with Crippen molar-refractivity contribution in [2.75, 3.05) is 19.0 Å². The lowest BCUT2D eigenvalue weighted by Crippen LogP contribution is -2.08. The van der Waals surface area contributed by atoms with Gasteiger partial charge in [-0.25, -0.2) is 8.78 Å². The van der Waals surface area contributed by atoms with Crippen LogP contribution in [0.2, 0.25) is 5.02 Å². The van der Waals surface area contributed by atoms with Crippen LogP contribution in [0.5, 0.6) is 5.75 Å². The molecular formula is C37H51ClF2N2O2. The Balaban J connectivity index is 0.000000577. The fraction of sp³-hybridized carbons (Fsp3) is 0.486. The van der Waals surface area contributed by atoms with Crippen LogP contribution in [-0.2, 0) is 6.42 Å². The maximum atomic E-state index is 15.7. The van der Waals surface area contributed by atoms with Gasteiger partial charge in [0.25, 0.3) is 0 Å². The van der Waals surface area contributed by atoms with Crippen molar-refractivity contribution in [3.05, 3.63) is 76.3 Å². The molecule has 4 nitrogen and oxygen atoms in total. The van der Waals surface area contributed by atoms with Crippen molar-refractivity contribution >= 4 is 29.3 Å². The molecule has 1 aliphatic carbocycles. The molecule has 3 aromatic carbocycles. The molecular weight excluding hydrogens is 578 g/mol. The lowest BCUT2D eigenvalue weighted by atomic mass is 9.84. The molecule has 0 spiro atoms. The second-order valence-electron chi connectivity index (χ2n) is 11.5. The number of benzene rings is 3. The van der Waals surface area contributed by atoms with E-state index in [-0.39, 0.29) is 27.5 Å². The molecule has 0 radical (unpaired) electrons. The number of rotatable bonds is 12. The first-order valence-corrected chi connectivity index (χ1v) is 16.5. The van der Waals surface area contributed by atoms with Crippen molar-refractivity contribution in [3.8, 4) is 16.9 Å². The lowest BCUT2D eigenvalue weighted by Gasteiger charge is -2.22. The summed E-state index contributed by atoms with van der Waals surface area (Å²) in [5.41, 5.74) is 6.68. The van der Waals surface area contributed by atoms with Crippen molar-refractivity contribution in [2.45, 2.75) is 91.9 Å². The van der Waals surface area contributed by atoms with E-state index < -0.39 is 11.6 Å². The highest BCUT2D eigenvalue weighted by molar-refractivity contribution is 6.34. The van der Waals surface area contributed by atoms with Gasteiger partial charge >= 0.3 is 0 Å². The number of nitrogens with one attached hydrogen (secondary N) is 1. The van der Waals surface area contributed by atoms with Gasteiger partial charge in [0.15, 0.2) is 17.9 Å². The number of halogens is 3. The lowest BCUT2D eigenvalue weighted by molar-refractivity contribution is 0.112. The Bertz CT molecular complexity index is 1270. The Kier molecular flexibility index (Phi) is 17.0. The zero-order chi connectivity index (χ0) is 32.5. The number of anilines is 2. The molecule has 0 bridgehead atoms. The van der Waals surface area contributed by atoms with E-state index in [1.165, 1.54) is 50.9 Å². The summed E-state index contributed by atoms with van der Waals surface area (Å²) >= 11 is 6.48. The average molecular weight is 629 g/mol. The molecule has 4 rings (SSSR count). The normalized spacial score (nSPS) is 15.8. The zero-order valence-electron chi connectivity index (χ0n) is 27.2. The van der Waals surface area contributed by atoms with Crippen LogP contribution in [0.1, 0.15) is 101 Å². The molecule has 242 valence electrons. The predicted molar refractivity (Wildman–Crippen MR) is 182 cm³/mol. The molecule has 0 amide bonds. The topological polar surface area (TPSA) is 64.3 Å². The smallest absolute Gasteiger partial charge is 0.173 e. The Morgan fingerprint density at radius 2 is 1.55 bits per heavy atom. The summed E-state index contributed by atoms with van der Waals surface area (Å²) in [7, 11) is 1.50. The minimum Gasteiger partial charge on any atom is -0.491 e. The number of ether oxygens (including phenoxy) is 1. The molecule has 0 atom stereocenters. The number of unbranched alkanes of at least 4 members (excludes halogenated alkanes) is 3. The van der Waals surface area contributed by atoms with Gasteiger partial charge in [0.2, 0.25) is 0 Å². The van der Waals surface area contributed by atoms with Crippen molar-refractivity contribution in [3.63, 3.8) is 0 Å². The quantitative estimate of drug-likeness (QED) is 0.155. The second kappa shape index (κ2) is 20.1. The maximum Gasteiger partial charge on any atom is 0.173 e. The molecule has 0 heterocycles. The molecule has 0 saturated heterocycles. The van der Waals surface area contributed by atoms with Crippen LogP contribution < -0.4 is 15.8 Å². The summed E-state index contributed by atoms with van der Waals surface area (Å²) in [6.07, 6.45) is 11.6. The first-order valence-electron chi connectivity index (χ1n) is 16.1. The van der Waals surface area contributed by atoms with Gasteiger partial charge in [-0.05, 0) is 74.0 Å². The van der Waals surface area contributed by atoms with E-state index in [9.17, 15) is 4.79 Å². The highest BCUT2D eigenvalue weighted by Crippen LogP contribution is 2.43. The second-order valence-corrected chi connectivity index (χ2v) is 11.9. The van der Waals surface area contributed by atoms with Gasteiger partial charge in [-0.1, -0.05) is 102 Å². The Morgan fingerprint density at radius 3 is 2.11 bits per heavy atom. The monoisotopic (exact) mass is 628 g/mol. The van der Waals surface area contributed by atoms with Gasteiger partial charge in [-0.2, -0.15) is 0 Å². The average Bonchev–Trinajstić information content (AvgIpc) is 3.04. The van der Waals surface area contributed by atoms with Crippen LogP contribution in [0, 0.1) is 23.5 Å². The summed E-state index contributed by atoms with van der Waals surface area (Å²) in [6, 6.07) is 13.6. The molecule has 1 aliphatic rings. The summed E-state index contributed by atoms with van der Waals surface area (Å²) in [5.74, 6) is 0.643. The first kappa shape index (κ1) is 37.2. The van der Waals surface area contributed by atoms with Crippen LogP contribution in [0.4, 0.5) is 20.2 Å². The van der Waals surface area contributed by atoms with Crippen molar-refractivity contribution in [1.29, 1.82) is 0 Å². The van der Waals surface area contributed by atoms with E-state index in [0.717, 1.165) is 43.2 Å². The number of nitrogens with two attached hydrogens (primary N) is 1. The van der Waals surface area contributed by atoms with E-state index in [1.54, 1.807) is 0 Å². The Hall–Kier alpha value is -2.96. The van der Waals surface area contributed by atoms with Crippen molar-refractivity contribution in [2.24, 2.45) is 17.6 Å². The van der Waals surface area contributed by atoms with E-state index in [4.69, 9.17) is 16.3 Å². The van der Waals surface area contributed by atoms with E-state index in [0.29, 0.717) is 37.0 Å². The minimum absolute atomic E-state index is 0.0114. The van der Waals surface area contributed by atoms with Gasteiger partial charge < -0.3 is 15.8 Å². The van der Waals surface area contributed by atoms with Gasteiger partial charge in [-0.15, -0.1) is 0 Å². The molecule has 0 aromatic heterocycles. The highest BCUT2D eigenvalue weighted by atomic mass is 35.5. The van der Waals surface area contributed by atoms with Gasteiger partial charge in [0.1, 0.15) is 5.82 Å². The number of aldehydes is 1. The van der Waals surface area contributed by atoms with Crippen LogP contribution in [-0.4, -0.2) is 19.9 Å². The molecule has 1 saturated carbocycles. The van der Waals surface area contributed by atoms with E-state index in [2.05, 4.69) is 31.8 Å². The van der Waals surface area contributed by atoms with Crippen molar-refractivity contribution in [1.82, 2.24) is 0 Å². The number of hydrogen-bond acceptors (Lipinski definition) is 4. The molecule has 3 N–H and O–H groups in total. The third kappa shape index (κ3) is 10.9. The van der Waals surface area contributed by atoms with Crippen LogP contribution in [0.15, 0.2) is 48.5 Å². The minimum atomic E-state index is -0.717. The largest absolute Gasteiger partial charge is 0.491 e. The molecule has 44 heavy (non-hydrogen) atoms. The molecule has 7 heteroatoms. The van der Waals surface area contributed by atoms with E-state index >= 15 is 8.78 Å². The number of para-hydroxylation sites is 1. The molecule has 3 aromatic rings. The van der Waals surface area contributed by atoms with Gasteiger partial charge in [0.05, 0.1) is 11.6 Å². The number of carbonyl (C=O) groups is 1. The summed E-state index contributed by atoms with van der Waals surface area (Å²) in [5, 5.41) is 3.05. The van der Waals surface area contributed by atoms with Crippen LogP contribution in [0.3, 0.4) is 0 Å². The summed E-state index contributed by atoms with van der Waals surface area (Å²) in [4.78, 5) is 11.9. The van der Waals surface area contributed by atoms with E-state index in [1.807, 2.05) is 37.3 Å². The fourth-order valence-electron chi connectivity index (χ4n) is 5.38. The Morgan fingerprint density at radius 1 is 0.909 bits per heavy atom. The van der Waals surface area contributed by atoms with Crippen LogP contribution in [0.25, 0.3) is 11.1 Å². The SMILES string of the molecule is CC1CCC(C)CC1.CCCCCCc1c(Nc2ccccc2)cc(F)c(Cl)c1-c1c(C=O)ccc(OCCC)c1F.CN. The third-order valence-electron chi connectivity index (χ3n) is 7.94. The Labute approximate surface area is 268 Å². The standard InChI is InChI=1S/C28H30ClF2NO2.C8H16.CH5N/c1-3-5-6-10-13-21-23(32-20-11-8-7-9-12-20)17-22(30)27(29)26(21)25-19(18-33)14-15-24(28(25)31)34-16-4-2;1-7-3-5-8(2)6-4-7;1-2/h7-9,11-12,14-15,17-18,32H,3-6,10,13,16H2,1-2H3;7-8H,3-6H2,1-2H3;2H2,1H3. The zero-order valence-corrected chi connectivity index (χ0v) is 27.9. The summed E-state index contributed by atoms with van der Waals surface area (Å²) in [6.45, 7) is 9.09. The summed E-state index contributed by atoms with van der Waals surface area (Å²) < 4.78 is 36.4. The first-order chi connectivity index (χ1) is 21.3.